The first-order valence-corrected chi connectivity index (χ1v) is 12.0. The molecule has 1 N–H and O–H groups in total. The molecule has 32 heavy (non-hydrogen) atoms. The van der Waals surface area contributed by atoms with Crippen molar-refractivity contribution in [3.8, 4) is 5.75 Å². The Morgan fingerprint density at radius 1 is 0.969 bits per heavy atom. The van der Waals surface area contributed by atoms with Crippen LogP contribution in [0.25, 0.3) is 0 Å². The summed E-state index contributed by atoms with van der Waals surface area (Å²) in [5, 5.41) is 2.74. The topological polar surface area (TPSA) is 75.7 Å². The molecule has 0 radical (unpaired) electrons. The van der Waals surface area contributed by atoms with Crippen molar-refractivity contribution in [3.63, 3.8) is 0 Å². The van der Waals surface area contributed by atoms with Crippen molar-refractivity contribution in [1.29, 1.82) is 0 Å². The molecule has 0 spiro atoms. The number of hydrogen-bond acceptors (Lipinski definition) is 4. The second-order valence-corrected chi connectivity index (χ2v) is 9.22. The van der Waals surface area contributed by atoms with Crippen molar-refractivity contribution < 1.29 is 17.9 Å². The van der Waals surface area contributed by atoms with Gasteiger partial charge in [-0.1, -0.05) is 49.4 Å². The van der Waals surface area contributed by atoms with Crippen molar-refractivity contribution in [2.24, 2.45) is 0 Å². The minimum absolute atomic E-state index is 0.134. The molecule has 0 aliphatic heterocycles. The van der Waals surface area contributed by atoms with E-state index in [-0.39, 0.29) is 24.6 Å². The SMILES string of the molecule is CCc1ccc(N(CC(=O)NCCOc2cccc(C)c2)S(=O)(=O)c2ccccc2)cc1. The Labute approximate surface area is 189 Å². The smallest absolute Gasteiger partial charge is 0.264 e. The van der Waals surface area contributed by atoms with Gasteiger partial charge >= 0.3 is 0 Å². The maximum Gasteiger partial charge on any atom is 0.264 e. The molecule has 6 nitrogen and oxygen atoms in total. The van der Waals surface area contributed by atoms with E-state index >= 15 is 0 Å². The largest absolute Gasteiger partial charge is 0.492 e. The predicted molar refractivity (Wildman–Crippen MR) is 126 cm³/mol. The van der Waals surface area contributed by atoms with Crippen molar-refractivity contribution in [3.05, 3.63) is 90.0 Å². The minimum Gasteiger partial charge on any atom is -0.492 e. The standard InChI is InChI=1S/C25H28N2O4S/c1-3-21-12-14-22(15-13-21)27(32(29,30)24-10-5-4-6-11-24)19-25(28)26-16-17-31-23-9-7-8-20(2)18-23/h4-15,18H,3,16-17,19H2,1-2H3,(H,26,28). The maximum absolute atomic E-state index is 13.3. The lowest BCUT2D eigenvalue weighted by Crippen LogP contribution is -2.41. The average molecular weight is 453 g/mol. The normalized spacial score (nSPS) is 11.1. The molecule has 0 saturated carbocycles. The van der Waals surface area contributed by atoms with Crippen LogP contribution in [0, 0.1) is 6.92 Å². The van der Waals surface area contributed by atoms with Gasteiger partial charge < -0.3 is 10.1 Å². The fourth-order valence-corrected chi connectivity index (χ4v) is 4.63. The Hall–Kier alpha value is -3.32. The summed E-state index contributed by atoms with van der Waals surface area (Å²) in [7, 11) is -3.91. The zero-order chi connectivity index (χ0) is 23.0. The molecule has 0 aliphatic carbocycles. The van der Waals surface area contributed by atoms with Crippen molar-refractivity contribution in [1.82, 2.24) is 5.32 Å². The van der Waals surface area contributed by atoms with E-state index in [1.165, 1.54) is 12.1 Å². The van der Waals surface area contributed by atoms with Gasteiger partial charge in [-0.15, -0.1) is 0 Å². The summed E-state index contributed by atoms with van der Waals surface area (Å²) >= 11 is 0. The van der Waals surface area contributed by atoms with Gasteiger partial charge in [-0.3, -0.25) is 9.10 Å². The van der Waals surface area contributed by atoms with Crippen LogP contribution in [0.5, 0.6) is 5.75 Å². The summed E-state index contributed by atoms with van der Waals surface area (Å²) in [6.45, 7) is 4.23. The van der Waals surface area contributed by atoms with Crippen LogP contribution in [0.4, 0.5) is 5.69 Å². The first-order valence-electron chi connectivity index (χ1n) is 10.5. The molecule has 7 heteroatoms. The number of nitrogens with one attached hydrogen (secondary N) is 1. The highest BCUT2D eigenvalue weighted by Crippen LogP contribution is 2.24. The number of rotatable bonds is 10. The molecule has 0 fully saturated rings. The molecule has 0 bridgehead atoms. The van der Waals surface area contributed by atoms with E-state index in [1.807, 2.05) is 50.2 Å². The van der Waals surface area contributed by atoms with Crippen LogP contribution in [0.15, 0.2) is 83.8 Å². The van der Waals surface area contributed by atoms with E-state index in [1.54, 1.807) is 30.3 Å². The van der Waals surface area contributed by atoms with Crippen LogP contribution in [-0.4, -0.2) is 34.0 Å². The third kappa shape index (κ3) is 6.11. The number of carbonyl (C=O) groups is 1. The Bertz CT molecular complexity index is 1130. The third-order valence-corrected chi connectivity index (χ3v) is 6.72. The van der Waals surface area contributed by atoms with E-state index in [2.05, 4.69) is 5.32 Å². The monoisotopic (exact) mass is 452 g/mol. The molecule has 0 heterocycles. The highest BCUT2D eigenvalue weighted by atomic mass is 32.2. The fourth-order valence-electron chi connectivity index (χ4n) is 3.18. The zero-order valence-corrected chi connectivity index (χ0v) is 19.1. The lowest BCUT2D eigenvalue weighted by atomic mass is 10.1. The number of anilines is 1. The van der Waals surface area contributed by atoms with Gasteiger partial charge in [0.05, 0.1) is 17.1 Å². The quantitative estimate of drug-likeness (QED) is 0.473. The summed E-state index contributed by atoms with van der Waals surface area (Å²) in [5.41, 5.74) is 2.61. The highest BCUT2D eigenvalue weighted by molar-refractivity contribution is 7.92. The van der Waals surface area contributed by atoms with Gasteiger partial charge in [0.25, 0.3) is 10.0 Å². The summed E-state index contributed by atoms with van der Waals surface area (Å²) in [5.74, 6) is 0.320. The third-order valence-electron chi connectivity index (χ3n) is 4.93. The van der Waals surface area contributed by atoms with E-state index < -0.39 is 15.9 Å². The molecule has 0 unspecified atom stereocenters. The number of aryl methyl sites for hydroxylation is 2. The molecule has 3 aromatic rings. The molecule has 0 atom stereocenters. The first-order chi connectivity index (χ1) is 15.4. The summed E-state index contributed by atoms with van der Waals surface area (Å²) in [6.07, 6.45) is 0.840. The van der Waals surface area contributed by atoms with E-state index in [4.69, 9.17) is 4.74 Å². The predicted octanol–water partition coefficient (Wildman–Crippen LogP) is 3.95. The lowest BCUT2D eigenvalue weighted by molar-refractivity contribution is -0.119. The lowest BCUT2D eigenvalue weighted by Gasteiger charge is -2.24. The number of benzene rings is 3. The molecule has 3 rings (SSSR count). The Morgan fingerprint density at radius 3 is 2.34 bits per heavy atom. The molecule has 1 amide bonds. The molecular formula is C25H28N2O4S. The van der Waals surface area contributed by atoms with Gasteiger partial charge in [0, 0.05) is 0 Å². The summed E-state index contributed by atoms with van der Waals surface area (Å²) < 4.78 is 33.4. The van der Waals surface area contributed by atoms with Crippen LogP contribution in [0.2, 0.25) is 0 Å². The van der Waals surface area contributed by atoms with E-state index in [9.17, 15) is 13.2 Å². The number of nitrogens with zero attached hydrogens (tertiary/aromatic N) is 1. The van der Waals surface area contributed by atoms with Gasteiger partial charge in [0.2, 0.25) is 5.91 Å². The first kappa shape index (κ1) is 23.3. The molecule has 3 aromatic carbocycles. The van der Waals surface area contributed by atoms with Crippen molar-refractivity contribution in [2.45, 2.75) is 25.2 Å². The molecule has 0 aliphatic rings. The highest BCUT2D eigenvalue weighted by Gasteiger charge is 2.27. The Kier molecular flexibility index (Phi) is 7.89. The van der Waals surface area contributed by atoms with E-state index in [0.29, 0.717) is 5.69 Å². The van der Waals surface area contributed by atoms with Gasteiger partial charge in [-0.05, 0) is 60.9 Å². The van der Waals surface area contributed by atoms with Crippen LogP contribution in [-0.2, 0) is 21.2 Å². The van der Waals surface area contributed by atoms with Gasteiger partial charge in [0.1, 0.15) is 18.9 Å². The van der Waals surface area contributed by atoms with Crippen LogP contribution >= 0.6 is 0 Å². The van der Waals surface area contributed by atoms with Crippen LogP contribution < -0.4 is 14.4 Å². The maximum atomic E-state index is 13.3. The Balaban J connectivity index is 1.69. The van der Waals surface area contributed by atoms with Crippen LogP contribution in [0.3, 0.4) is 0 Å². The van der Waals surface area contributed by atoms with Crippen molar-refractivity contribution in [2.75, 3.05) is 24.0 Å². The second-order valence-electron chi connectivity index (χ2n) is 7.36. The molecule has 0 aromatic heterocycles. The number of carbonyl (C=O) groups excluding carboxylic acids is 1. The fraction of sp³-hybridized carbons (Fsp3) is 0.240. The molecule has 0 saturated heterocycles. The number of ether oxygens (including phenoxy) is 1. The van der Waals surface area contributed by atoms with Crippen LogP contribution in [0.1, 0.15) is 18.1 Å². The van der Waals surface area contributed by atoms with Gasteiger partial charge in [-0.25, -0.2) is 8.42 Å². The molecular weight excluding hydrogens is 424 g/mol. The average Bonchev–Trinajstić information content (AvgIpc) is 2.81. The van der Waals surface area contributed by atoms with Gasteiger partial charge in [-0.2, -0.15) is 0 Å². The van der Waals surface area contributed by atoms with E-state index in [0.717, 1.165) is 27.6 Å². The molecule has 168 valence electrons. The number of amides is 1. The number of sulfonamides is 1. The Morgan fingerprint density at radius 2 is 1.69 bits per heavy atom. The second kappa shape index (κ2) is 10.8. The zero-order valence-electron chi connectivity index (χ0n) is 18.3. The van der Waals surface area contributed by atoms with Crippen molar-refractivity contribution >= 4 is 21.6 Å². The summed E-state index contributed by atoms with van der Waals surface area (Å²) in [6, 6.07) is 23.0. The number of hydrogen-bond donors (Lipinski definition) is 1. The summed E-state index contributed by atoms with van der Waals surface area (Å²) in [4.78, 5) is 12.8. The minimum atomic E-state index is -3.91. The van der Waals surface area contributed by atoms with Gasteiger partial charge in [0.15, 0.2) is 0 Å².